The number of piperazine rings is 1. The highest BCUT2D eigenvalue weighted by molar-refractivity contribution is 6.30. The lowest BCUT2D eigenvalue weighted by atomic mass is 9.86. The first-order valence-corrected chi connectivity index (χ1v) is 11.5. The summed E-state index contributed by atoms with van der Waals surface area (Å²) in [5.41, 5.74) is 4.16. The highest BCUT2D eigenvalue weighted by Crippen LogP contribution is 2.43. The van der Waals surface area contributed by atoms with Crippen LogP contribution in [0.3, 0.4) is 0 Å². The Labute approximate surface area is 186 Å². The van der Waals surface area contributed by atoms with Gasteiger partial charge in [0.1, 0.15) is 12.6 Å². The van der Waals surface area contributed by atoms with Crippen molar-refractivity contribution in [2.75, 3.05) is 6.54 Å². The van der Waals surface area contributed by atoms with Crippen molar-refractivity contribution in [3.8, 4) is 0 Å². The van der Waals surface area contributed by atoms with E-state index in [1.165, 1.54) is 0 Å². The van der Waals surface area contributed by atoms with E-state index in [1.54, 1.807) is 0 Å². The summed E-state index contributed by atoms with van der Waals surface area (Å²) < 4.78 is 0. The van der Waals surface area contributed by atoms with Gasteiger partial charge in [-0.05, 0) is 42.2 Å². The van der Waals surface area contributed by atoms with Crippen LogP contribution in [0.15, 0.2) is 48.5 Å². The predicted molar refractivity (Wildman–Crippen MR) is 120 cm³/mol. The quantitative estimate of drug-likeness (QED) is 0.649. The van der Waals surface area contributed by atoms with Crippen molar-refractivity contribution >= 4 is 34.3 Å². The fourth-order valence-corrected chi connectivity index (χ4v) is 5.93. The summed E-state index contributed by atoms with van der Waals surface area (Å²) in [5, 5.41) is 1.79. The molecule has 2 fully saturated rings. The van der Waals surface area contributed by atoms with Crippen molar-refractivity contribution in [1.82, 2.24) is 14.8 Å². The van der Waals surface area contributed by atoms with Crippen LogP contribution in [0, 0.1) is 0 Å². The first-order valence-electron chi connectivity index (χ1n) is 11.1. The maximum absolute atomic E-state index is 13.7. The van der Waals surface area contributed by atoms with Crippen LogP contribution in [0.1, 0.15) is 48.5 Å². The van der Waals surface area contributed by atoms with Crippen LogP contribution in [0.2, 0.25) is 5.02 Å². The molecule has 2 aromatic carbocycles. The number of fused-ring (bicyclic) bond motifs is 4. The molecule has 1 saturated heterocycles. The second-order valence-electron chi connectivity index (χ2n) is 8.94. The molecule has 0 unspecified atom stereocenters. The highest BCUT2D eigenvalue weighted by Gasteiger charge is 2.49. The number of benzene rings is 2. The van der Waals surface area contributed by atoms with Gasteiger partial charge in [-0.1, -0.05) is 54.8 Å². The molecule has 1 aromatic heterocycles. The largest absolute Gasteiger partial charge is 0.356 e. The monoisotopic (exact) mass is 433 g/mol. The molecule has 2 aliphatic heterocycles. The maximum atomic E-state index is 13.7. The number of carbonyl (C=O) groups is 2. The number of hydrogen-bond acceptors (Lipinski definition) is 2. The first-order chi connectivity index (χ1) is 15.1. The van der Waals surface area contributed by atoms with Crippen LogP contribution < -0.4 is 0 Å². The number of hydrogen-bond donors (Lipinski definition) is 1. The molecule has 6 heteroatoms. The van der Waals surface area contributed by atoms with E-state index in [9.17, 15) is 9.59 Å². The number of rotatable bonds is 2. The van der Waals surface area contributed by atoms with Gasteiger partial charge in [0.2, 0.25) is 11.8 Å². The molecule has 0 bridgehead atoms. The van der Waals surface area contributed by atoms with E-state index in [0.717, 1.165) is 53.4 Å². The Bertz CT molecular complexity index is 1180. The van der Waals surface area contributed by atoms with E-state index in [1.807, 2.05) is 46.2 Å². The minimum absolute atomic E-state index is 0.0285. The molecule has 31 heavy (non-hydrogen) atoms. The van der Waals surface area contributed by atoms with Crippen LogP contribution in [-0.2, 0) is 16.0 Å². The summed E-state index contributed by atoms with van der Waals surface area (Å²) >= 11 is 6.15. The molecule has 3 aliphatic rings. The molecule has 5 nitrogen and oxygen atoms in total. The molecule has 1 saturated carbocycles. The van der Waals surface area contributed by atoms with Gasteiger partial charge in [-0.2, -0.15) is 0 Å². The summed E-state index contributed by atoms with van der Waals surface area (Å²) in [6, 6.07) is 15.2. The minimum Gasteiger partial charge on any atom is -0.356 e. The van der Waals surface area contributed by atoms with E-state index in [-0.39, 0.29) is 30.4 Å². The molecule has 3 aromatic rings. The lowest BCUT2D eigenvalue weighted by Gasteiger charge is -2.48. The van der Waals surface area contributed by atoms with Gasteiger partial charge in [0, 0.05) is 34.1 Å². The number of nitrogens with zero attached hydrogens (tertiary/aromatic N) is 2. The number of aromatic nitrogens is 1. The Morgan fingerprint density at radius 2 is 1.71 bits per heavy atom. The van der Waals surface area contributed by atoms with Crippen molar-refractivity contribution in [3.63, 3.8) is 0 Å². The number of carbonyl (C=O) groups excluding carboxylic acids is 2. The Morgan fingerprint density at radius 1 is 0.968 bits per heavy atom. The summed E-state index contributed by atoms with van der Waals surface area (Å²) in [5.74, 6) is 0.127. The van der Waals surface area contributed by atoms with E-state index >= 15 is 0 Å². The SMILES string of the molecule is O=C1[C@@H]2Cc3c([nH]c4ccccc34)[C@@H](c3ccc(Cl)cc3)N2C(=O)CN1C1CCCC1. The van der Waals surface area contributed by atoms with E-state index in [2.05, 4.69) is 17.1 Å². The van der Waals surface area contributed by atoms with Gasteiger partial charge in [-0.3, -0.25) is 9.59 Å². The number of para-hydroxylation sites is 1. The Hall–Kier alpha value is -2.79. The van der Waals surface area contributed by atoms with Crippen molar-refractivity contribution in [2.45, 2.75) is 50.2 Å². The van der Waals surface area contributed by atoms with Gasteiger partial charge in [-0.25, -0.2) is 0 Å². The molecule has 3 heterocycles. The van der Waals surface area contributed by atoms with Gasteiger partial charge in [0.15, 0.2) is 0 Å². The number of aromatic amines is 1. The fraction of sp³-hybridized carbons (Fsp3) is 0.360. The number of nitrogens with one attached hydrogen (secondary N) is 1. The van der Waals surface area contributed by atoms with E-state index in [0.29, 0.717) is 11.4 Å². The van der Waals surface area contributed by atoms with Crippen molar-refractivity contribution in [2.24, 2.45) is 0 Å². The topological polar surface area (TPSA) is 56.4 Å². The zero-order chi connectivity index (χ0) is 21.1. The van der Waals surface area contributed by atoms with Crippen LogP contribution in [0.4, 0.5) is 0 Å². The van der Waals surface area contributed by atoms with Crippen molar-refractivity contribution < 1.29 is 9.59 Å². The standard InChI is InChI=1S/C25H24ClN3O2/c26-16-11-9-15(10-12-16)24-23-19(18-7-3-4-8-20(18)27-23)13-21-25(31)28(14-22(30)29(21)24)17-5-1-2-6-17/h3-4,7-12,17,21,24,27H,1-2,5-6,13-14H2/t21-,24+/m0/s1. The average Bonchev–Trinajstić information content (AvgIpc) is 3.44. The lowest BCUT2D eigenvalue weighted by Crippen LogP contribution is -2.64. The molecule has 2 atom stereocenters. The summed E-state index contributed by atoms with van der Waals surface area (Å²) in [7, 11) is 0. The molecular weight excluding hydrogens is 410 g/mol. The molecule has 0 radical (unpaired) electrons. The fourth-order valence-electron chi connectivity index (χ4n) is 5.80. The Kier molecular flexibility index (Phi) is 4.35. The smallest absolute Gasteiger partial charge is 0.246 e. The third-order valence-electron chi connectivity index (χ3n) is 7.24. The second-order valence-corrected chi connectivity index (χ2v) is 9.38. The molecular formula is C25H24ClN3O2. The maximum Gasteiger partial charge on any atom is 0.246 e. The Balaban J connectivity index is 1.51. The Morgan fingerprint density at radius 3 is 2.48 bits per heavy atom. The molecule has 0 spiro atoms. The van der Waals surface area contributed by atoms with Gasteiger partial charge in [0.25, 0.3) is 0 Å². The van der Waals surface area contributed by atoms with Crippen molar-refractivity contribution in [1.29, 1.82) is 0 Å². The molecule has 1 N–H and O–H groups in total. The van der Waals surface area contributed by atoms with Gasteiger partial charge in [-0.15, -0.1) is 0 Å². The van der Waals surface area contributed by atoms with E-state index < -0.39 is 6.04 Å². The second kappa shape index (κ2) is 7.13. The van der Waals surface area contributed by atoms with Crippen LogP contribution in [0.5, 0.6) is 0 Å². The summed E-state index contributed by atoms with van der Waals surface area (Å²) in [6.45, 7) is 0.180. The van der Waals surface area contributed by atoms with Crippen molar-refractivity contribution in [3.05, 3.63) is 70.4 Å². The molecule has 1 aliphatic carbocycles. The summed E-state index contributed by atoms with van der Waals surface area (Å²) in [4.78, 5) is 34.5. The third kappa shape index (κ3) is 2.90. The number of H-pyrrole nitrogens is 1. The van der Waals surface area contributed by atoms with Gasteiger partial charge >= 0.3 is 0 Å². The zero-order valence-electron chi connectivity index (χ0n) is 17.2. The van der Waals surface area contributed by atoms with Gasteiger partial charge < -0.3 is 14.8 Å². The molecule has 2 amide bonds. The van der Waals surface area contributed by atoms with Crippen LogP contribution >= 0.6 is 11.6 Å². The normalized spacial score (nSPS) is 24.0. The zero-order valence-corrected chi connectivity index (χ0v) is 17.9. The predicted octanol–water partition coefficient (Wildman–Crippen LogP) is 4.45. The van der Waals surface area contributed by atoms with E-state index in [4.69, 9.17) is 11.6 Å². The minimum atomic E-state index is -0.464. The number of amides is 2. The first kappa shape index (κ1) is 18.9. The number of halogens is 1. The van der Waals surface area contributed by atoms with Crippen LogP contribution in [0.25, 0.3) is 10.9 Å². The van der Waals surface area contributed by atoms with Crippen LogP contribution in [-0.4, -0.2) is 45.2 Å². The highest BCUT2D eigenvalue weighted by atomic mass is 35.5. The molecule has 6 rings (SSSR count). The molecule has 158 valence electrons. The van der Waals surface area contributed by atoms with Gasteiger partial charge in [0.05, 0.1) is 6.04 Å². The summed E-state index contributed by atoms with van der Waals surface area (Å²) in [6.07, 6.45) is 4.83. The lowest BCUT2D eigenvalue weighted by molar-refractivity contribution is -0.160. The third-order valence-corrected chi connectivity index (χ3v) is 7.50. The average molecular weight is 434 g/mol.